The molecule has 1 rings (SSSR count). The van der Waals surface area contributed by atoms with Gasteiger partial charge < -0.3 is 15.6 Å². The molecule has 0 aliphatic rings. The Morgan fingerprint density at radius 3 is 2.53 bits per heavy atom. The molecule has 4 nitrogen and oxygen atoms in total. The molecule has 0 aliphatic carbocycles. The quantitative estimate of drug-likeness (QED) is 0.816. The molecule has 0 radical (unpaired) electrons. The van der Waals surface area contributed by atoms with E-state index >= 15 is 0 Å². The first-order chi connectivity index (χ1) is 7.95. The van der Waals surface area contributed by atoms with Crippen LogP contribution in [0.25, 0.3) is 0 Å². The predicted molar refractivity (Wildman–Crippen MR) is 66.4 cm³/mol. The maximum atomic E-state index is 10.8. The fraction of sp³-hybridized carbons (Fsp3) is 0.462. The van der Waals surface area contributed by atoms with E-state index < -0.39 is 12.0 Å². The Hall–Kier alpha value is -1.55. The van der Waals surface area contributed by atoms with Gasteiger partial charge in [-0.25, -0.2) is 0 Å². The Labute approximate surface area is 101 Å². The molecule has 3 N–H and O–H groups in total. The smallest absolute Gasteiger partial charge is 0.320 e. The Morgan fingerprint density at radius 2 is 2.00 bits per heavy atom. The number of ether oxygens (including phenoxy) is 1. The van der Waals surface area contributed by atoms with Crippen molar-refractivity contribution in [3.05, 3.63) is 28.8 Å². The SMILES string of the molecule is CCOc1cc(C)c(C)cc1CC(N)C(=O)O. The molecule has 0 amide bonds. The van der Waals surface area contributed by atoms with Gasteiger partial charge in [0.1, 0.15) is 11.8 Å². The minimum Gasteiger partial charge on any atom is -0.494 e. The van der Waals surface area contributed by atoms with Crippen LogP contribution in [0.2, 0.25) is 0 Å². The van der Waals surface area contributed by atoms with E-state index in [1.807, 2.05) is 32.9 Å². The van der Waals surface area contributed by atoms with Crippen molar-refractivity contribution in [1.82, 2.24) is 0 Å². The van der Waals surface area contributed by atoms with Crippen LogP contribution < -0.4 is 10.5 Å². The lowest BCUT2D eigenvalue weighted by atomic mass is 10.00. The molecule has 94 valence electrons. The van der Waals surface area contributed by atoms with E-state index in [1.165, 1.54) is 0 Å². The third-order valence-electron chi connectivity index (χ3n) is 2.73. The van der Waals surface area contributed by atoms with Gasteiger partial charge in [-0.2, -0.15) is 0 Å². The molecule has 0 spiro atoms. The van der Waals surface area contributed by atoms with Crippen LogP contribution in [0.15, 0.2) is 12.1 Å². The molecule has 0 saturated heterocycles. The number of aryl methyl sites for hydroxylation is 2. The molecule has 0 saturated carbocycles. The summed E-state index contributed by atoms with van der Waals surface area (Å²) in [5.41, 5.74) is 8.64. The maximum absolute atomic E-state index is 10.8. The van der Waals surface area contributed by atoms with Gasteiger partial charge >= 0.3 is 5.97 Å². The first kappa shape index (κ1) is 13.5. The lowest BCUT2D eigenvalue weighted by Crippen LogP contribution is -2.32. The molecule has 0 aromatic heterocycles. The number of carbonyl (C=O) groups is 1. The summed E-state index contributed by atoms with van der Waals surface area (Å²) < 4.78 is 5.50. The minimum absolute atomic E-state index is 0.284. The number of aliphatic carboxylic acids is 1. The topological polar surface area (TPSA) is 72.5 Å². The summed E-state index contributed by atoms with van der Waals surface area (Å²) in [6.07, 6.45) is 0.284. The number of carboxylic acid groups (broad SMARTS) is 1. The minimum atomic E-state index is -0.995. The summed E-state index contributed by atoms with van der Waals surface area (Å²) in [7, 11) is 0. The van der Waals surface area contributed by atoms with E-state index in [2.05, 4.69) is 0 Å². The lowest BCUT2D eigenvalue weighted by molar-refractivity contribution is -0.138. The standard InChI is InChI=1S/C13H19NO3/c1-4-17-12-6-9(3)8(2)5-10(12)7-11(14)13(15)16/h5-6,11H,4,7,14H2,1-3H3,(H,15,16). The fourth-order valence-corrected chi connectivity index (χ4v) is 1.62. The normalized spacial score (nSPS) is 12.2. The second kappa shape index (κ2) is 5.68. The van der Waals surface area contributed by atoms with Crippen LogP contribution in [0.1, 0.15) is 23.6 Å². The average molecular weight is 237 g/mol. The van der Waals surface area contributed by atoms with Crippen LogP contribution in [-0.4, -0.2) is 23.7 Å². The highest BCUT2D eigenvalue weighted by Crippen LogP contribution is 2.24. The number of hydrogen-bond donors (Lipinski definition) is 2. The number of carboxylic acids is 1. The van der Waals surface area contributed by atoms with Crippen LogP contribution in [0, 0.1) is 13.8 Å². The van der Waals surface area contributed by atoms with Gasteiger partial charge in [0.25, 0.3) is 0 Å². The molecule has 4 heteroatoms. The molecule has 0 aliphatic heterocycles. The highest BCUT2D eigenvalue weighted by Gasteiger charge is 2.16. The van der Waals surface area contributed by atoms with Gasteiger partial charge in [-0.3, -0.25) is 4.79 Å². The van der Waals surface area contributed by atoms with Crippen molar-refractivity contribution >= 4 is 5.97 Å². The van der Waals surface area contributed by atoms with Gasteiger partial charge in [0.2, 0.25) is 0 Å². The van der Waals surface area contributed by atoms with Crippen molar-refractivity contribution in [2.24, 2.45) is 5.73 Å². The zero-order chi connectivity index (χ0) is 13.0. The van der Waals surface area contributed by atoms with Crippen molar-refractivity contribution < 1.29 is 14.6 Å². The molecule has 1 atom stereocenters. The molecule has 0 bridgehead atoms. The Balaban J connectivity index is 3.03. The van der Waals surface area contributed by atoms with Crippen LogP contribution >= 0.6 is 0 Å². The number of nitrogens with two attached hydrogens (primary N) is 1. The predicted octanol–water partition coefficient (Wildman–Crippen LogP) is 1.66. The van der Waals surface area contributed by atoms with Gasteiger partial charge in [0.05, 0.1) is 6.61 Å². The molecule has 1 unspecified atom stereocenters. The van der Waals surface area contributed by atoms with Crippen molar-refractivity contribution in [2.45, 2.75) is 33.2 Å². The van der Waals surface area contributed by atoms with E-state index in [1.54, 1.807) is 0 Å². The molecule has 1 aromatic rings. The molecule has 0 heterocycles. The summed E-state index contributed by atoms with van der Waals surface area (Å²) in [6, 6.07) is 2.99. The first-order valence-electron chi connectivity index (χ1n) is 5.67. The van der Waals surface area contributed by atoms with E-state index in [0.29, 0.717) is 6.61 Å². The molecule has 0 fully saturated rings. The summed E-state index contributed by atoms with van der Waals surface area (Å²) >= 11 is 0. The highest BCUT2D eigenvalue weighted by atomic mass is 16.5. The van der Waals surface area contributed by atoms with Gasteiger partial charge in [0.15, 0.2) is 0 Å². The van der Waals surface area contributed by atoms with Crippen LogP contribution in [0.3, 0.4) is 0 Å². The fourth-order valence-electron chi connectivity index (χ4n) is 1.62. The number of benzene rings is 1. The zero-order valence-electron chi connectivity index (χ0n) is 10.5. The van der Waals surface area contributed by atoms with E-state index in [4.69, 9.17) is 15.6 Å². The maximum Gasteiger partial charge on any atom is 0.320 e. The van der Waals surface area contributed by atoms with E-state index in [9.17, 15) is 4.79 Å². The Kier molecular flexibility index (Phi) is 4.52. The molecule has 1 aromatic carbocycles. The largest absolute Gasteiger partial charge is 0.494 e. The van der Waals surface area contributed by atoms with Crippen LogP contribution in [0.5, 0.6) is 5.75 Å². The van der Waals surface area contributed by atoms with E-state index in [0.717, 1.165) is 22.4 Å². The van der Waals surface area contributed by atoms with Gasteiger partial charge in [-0.05, 0) is 43.5 Å². The lowest BCUT2D eigenvalue weighted by Gasteiger charge is -2.14. The average Bonchev–Trinajstić information content (AvgIpc) is 2.25. The molecule has 17 heavy (non-hydrogen) atoms. The van der Waals surface area contributed by atoms with Crippen molar-refractivity contribution in [2.75, 3.05) is 6.61 Å². The summed E-state index contributed by atoms with van der Waals surface area (Å²) in [5, 5.41) is 8.82. The van der Waals surface area contributed by atoms with Gasteiger partial charge in [0, 0.05) is 6.42 Å². The van der Waals surface area contributed by atoms with Crippen molar-refractivity contribution in [1.29, 1.82) is 0 Å². The second-order valence-corrected chi connectivity index (χ2v) is 4.13. The van der Waals surface area contributed by atoms with Crippen molar-refractivity contribution in [3.8, 4) is 5.75 Å². The van der Waals surface area contributed by atoms with Gasteiger partial charge in [-0.1, -0.05) is 6.07 Å². The first-order valence-corrected chi connectivity index (χ1v) is 5.67. The van der Waals surface area contributed by atoms with E-state index in [-0.39, 0.29) is 6.42 Å². The van der Waals surface area contributed by atoms with Crippen molar-refractivity contribution in [3.63, 3.8) is 0 Å². The Bertz CT molecular complexity index is 415. The summed E-state index contributed by atoms with van der Waals surface area (Å²) in [4.78, 5) is 10.8. The monoisotopic (exact) mass is 237 g/mol. The van der Waals surface area contributed by atoms with Crippen LogP contribution in [-0.2, 0) is 11.2 Å². The van der Waals surface area contributed by atoms with Gasteiger partial charge in [-0.15, -0.1) is 0 Å². The number of hydrogen-bond acceptors (Lipinski definition) is 3. The molecular weight excluding hydrogens is 218 g/mol. The number of rotatable bonds is 5. The third-order valence-corrected chi connectivity index (χ3v) is 2.73. The second-order valence-electron chi connectivity index (χ2n) is 4.13. The van der Waals surface area contributed by atoms with Crippen LogP contribution in [0.4, 0.5) is 0 Å². The third kappa shape index (κ3) is 3.46. The summed E-state index contributed by atoms with van der Waals surface area (Å²) in [5.74, 6) is -0.266. The Morgan fingerprint density at radius 1 is 1.41 bits per heavy atom. The zero-order valence-corrected chi connectivity index (χ0v) is 10.5. The summed E-state index contributed by atoms with van der Waals surface area (Å²) in [6.45, 7) is 6.44. The highest BCUT2D eigenvalue weighted by molar-refractivity contribution is 5.73. The molecular formula is C13H19NO3.